The Morgan fingerprint density at radius 2 is 2.19 bits per heavy atom. The molecule has 2 amide bonds. The average molecular weight is 407 g/mol. The zero-order valence-corrected chi connectivity index (χ0v) is 16.9. The molecule has 0 unspecified atom stereocenters. The normalized spacial score (nSPS) is 17.9. The largest absolute Gasteiger partial charge is 0.383 e. The summed E-state index contributed by atoms with van der Waals surface area (Å²) in [7, 11) is 1.60. The van der Waals surface area contributed by atoms with Gasteiger partial charge < -0.3 is 15.0 Å². The third-order valence-corrected chi connectivity index (χ3v) is 6.32. The van der Waals surface area contributed by atoms with Gasteiger partial charge >= 0.3 is 0 Å². The fourth-order valence-corrected chi connectivity index (χ4v) is 4.54. The van der Waals surface area contributed by atoms with E-state index in [4.69, 9.17) is 4.74 Å². The minimum atomic E-state index is -0.372. The Morgan fingerprint density at radius 1 is 1.41 bits per heavy atom. The van der Waals surface area contributed by atoms with Crippen molar-refractivity contribution in [3.05, 3.63) is 35.3 Å². The van der Waals surface area contributed by atoms with Gasteiger partial charge in [0, 0.05) is 25.0 Å². The lowest BCUT2D eigenvalue weighted by Gasteiger charge is -2.23. The summed E-state index contributed by atoms with van der Waals surface area (Å²) in [4.78, 5) is 27.5. The van der Waals surface area contributed by atoms with Gasteiger partial charge in [-0.3, -0.25) is 9.59 Å². The molecule has 0 spiro atoms. The number of carbonyl (C=O) groups is 2. The van der Waals surface area contributed by atoms with Crippen molar-refractivity contribution in [1.82, 2.24) is 15.1 Å². The fourth-order valence-electron chi connectivity index (χ4n) is 2.90. The van der Waals surface area contributed by atoms with E-state index in [0.29, 0.717) is 24.0 Å². The number of methoxy groups -OCH3 is 1. The minimum absolute atomic E-state index is 0.0167. The van der Waals surface area contributed by atoms with Crippen LogP contribution < -0.4 is 5.32 Å². The molecule has 27 heavy (non-hydrogen) atoms. The maximum atomic E-state index is 12.5. The van der Waals surface area contributed by atoms with Crippen LogP contribution in [0.5, 0.6) is 0 Å². The zero-order valence-electron chi connectivity index (χ0n) is 15.3. The highest BCUT2D eigenvalue weighted by Crippen LogP contribution is 2.27. The van der Waals surface area contributed by atoms with E-state index >= 15 is 0 Å². The highest BCUT2D eigenvalue weighted by molar-refractivity contribution is 7.98. The van der Waals surface area contributed by atoms with E-state index in [1.807, 2.05) is 37.3 Å². The maximum absolute atomic E-state index is 12.5. The highest BCUT2D eigenvalue weighted by Gasteiger charge is 2.36. The summed E-state index contributed by atoms with van der Waals surface area (Å²) >= 11 is 3.03. The van der Waals surface area contributed by atoms with E-state index in [2.05, 4.69) is 15.5 Å². The lowest BCUT2D eigenvalue weighted by molar-refractivity contribution is -0.130. The fraction of sp³-hybridized carbons (Fsp3) is 0.444. The molecule has 1 aliphatic rings. The lowest BCUT2D eigenvalue weighted by atomic mass is 10.1. The van der Waals surface area contributed by atoms with Crippen LogP contribution in [0.3, 0.4) is 0 Å². The van der Waals surface area contributed by atoms with Crippen molar-refractivity contribution >= 4 is 40.0 Å². The summed E-state index contributed by atoms with van der Waals surface area (Å²) in [5, 5.41) is 12.3. The Kier molecular flexibility index (Phi) is 6.81. The van der Waals surface area contributed by atoms with Crippen molar-refractivity contribution in [2.24, 2.45) is 5.92 Å². The number of hydrogen-bond acceptors (Lipinski definition) is 7. The molecule has 1 saturated heterocycles. The average Bonchev–Trinajstić information content (AvgIpc) is 3.27. The van der Waals surface area contributed by atoms with Crippen molar-refractivity contribution in [3.8, 4) is 0 Å². The molecule has 2 atom stereocenters. The number of ether oxygens (including phenoxy) is 1. The van der Waals surface area contributed by atoms with E-state index in [1.165, 1.54) is 11.3 Å². The number of likely N-dealkylation sites (tertiary alicyclic amines) is 1. The van der Waals surface area contributed by atoms with Crippen molar-refractivity contribution in [3.63, 3.8) is 0 Å². The molecule has 144 valence electrons. The number of aromatic nitrogens is 2. The summed E-state index contributed by atoms with van der Waals surface area (Å²) in [6.07, 6.45) is 0.218. The number of anilines is 1. The standard InChI is InChI=1S/C18H22N4O3S2/c1-12(10-25-2)22-9-13(8-16(22)23)17(24)19-18-21-20-15(27-18)11-26-14-6-4-3-5-7-14/h3-7,12-13H,8-11H2,1-2H3,(H,19,21,24)/t12-,13-/m1/s1. The van der Waals surface area contributed by atoms with Gasteiger partial charge in [-0.2, -0.15) is 0 Å². The van der Waals surface area contributed by atoms with Crippen molar-refractivity contribution in [1.29, 1.82) is 0 Å². The topological polar surface area (TPSA) is 84.4 Å². The Labute approximate surface area is 166 Å². The van der Waals surface area contributed by atoms with E-state index in [1.54, 1.807) is 23.8 Å². The third kappa shape index (κ3) is 5.27. The van der Waals surface area contributed by atoms with Crippen LogP contribution in [0.15, 0.2) is 35.2 Å². The molecule has 7 nitrogen and oxygen atoms in total. The molecule has 9 heteroatoms. The van der Waals surface area contributed by atoms with Crippen LogP contribution in [0.4, 0.5) is 5.13 Å². The van der Waals surface area contributed by atoms with Gasteiger partial charge in [-0.1, -0.05) is 29.5 Å². The van der Waals surface area contributed by atoms with Gasteiger partial charge in [0.15, 0.2) is 0 Å². The molecule has 1 fully saturated rings. The van der Waals surface area contributed by atoms with Crippen LogP contribution in [0, 0.1) is 5.92 Å². The first-order valence-corrected chi connectivity index (χ1v) is 10.5. The van der Waals surface area contributed by atoms with Crippen LogP contribution in [-0.2, 0) is 20.1 Å². The molecule has 1 aliphatic heterocycles. The quantitative estimate of drug-likeness (QED) is 0.679. The second kappa shape index (κ2) is 9.29. The summed E-state index contributed by atoms with van der Waals surface area (Å²) < 4.78 is 5.10. The number of carbonyl (C=O) groups excluding carboxylic acids is 2. The smallest absolute Gasteiger partial charge is 0.231 e. The monoisotopic (exact) mass is 406 g/mol. The molecule has 2 aromatic rings. The summed E-state index contributed by atoms with van der Waals surface area (Å²) in [5.41, 5.74) is 0. The van der Waals surface area contributed by atoms with E-state index in [-0.39, 0.29) is 30.2 Å². The highest BCUT2D eigenvalue weighted by atomic mass is 32.2. The first-order chi connectivity index (χ1) is 13.1. The Balaban J connectivity index is 1.51. The van der Waals surface area contributed by atoms with Gasteiger partial charge in [-0.05, 0) is 19.1 Å². The maximum Gasteiger partial charge on any atom is 0.231 e. The molecule has 0 saturated carbocycles. The minimum Gasteiger partial charge on any atom is -0.383 e. The number of nitrogens with one attached hydrogen (secondary N) is 1. The number of nitrogens with zero attached hydrogens (tertiary/aromatic N) is 3. The van der Waals surface area contributed by atoms with Crippen LogP contribution in [0.25, 0.3) is 0 Å². The second-order valence-electron chi connectivity index (χ2n) is 6.34. The number of thioether (sulfide) groups is 1. The van der Waals surface area contributed by atoms with Crippen molar-refractivity contribution < 1.29 is 14.3 Å². The Hall–Kier alpha value is -1.97. The van der Waals surface area contributed by atoms with Gasteiger partial charge in [0.25, 0.3) is 0 Å². The molecule has 1 aromatic carbocycles. The third-order valence-electron chi connectivity index (χ3n) is 4.27. The lowest BCUT2D eigenvalue weighted by Crippen LogP contribution is -2.38. The molecule has 1 N–H and O–H groups in total. The molecule has 0 aliphatic carbocycles. The van der Waals surface area contributed by atoms with Gasteiger partial charge in [0.2, 0.25) is 16.9 Å². The SMILES string of the molecule is COC[C@@H](C)N1C[C@H](C(=O)Nc2nnc(CSc3ccccc3)s2)CC1=O. The second-order valence-corrected chi connectivity index (χ2v) is 8.45. The predicted octanol–water partition coefficient (Wildman–Crippen LogP) is 2.65. The number of amides is 2. The zero-order chi connectivity index (χ0) is 19.2. The molecule has 0 bridgehead atoms. The summed E-state index contributed by atoms with van der Waals surface area (Å²) in [6.45, 7) is 2.78. The molecular weight excluding hydrogens is 384 g/mol. The van der Waals surface area contributed by atoms with Crippen LogP contribution >= 0.6 is 23.1 Å². The summed E-state index contributed by atoms with van der Waals surface area (Å²) in [6, 6.07) is 10.0. The molecular formula is C18H22N4O3S2. The molecule has 2 heterocycles. The van der Waals surface area contributed by atoms with Crippen LogP contribution in [0.1, 0.15) is 18.4 Å². The van der Waals surface area contributed by atoms with Crippen molar-refractivity contribution in [2.75, 3.05) is 25.6 Å². The van der Waals surface area contributed by atoms with Crippen LogP contribution in [0.2, 0.25) is 0 Å². The molecule has 1 aromatic heterocycles. The van der Waals surface area contributed by atoms with Crippen molar-refractivity contribution in [2.45, 2.75) is 30.0 Å². The first-order valence-electron chi connectivity index (χ1n) is 8.66. The van der Waals surface area contributed by atoms with E-state index in [0.717, 1.165) is 9.90 Å². The predicted molar refractivity (Wildman–Crippen MR) is 106 cm³/mol. The number of rotatable bonds is 8. The Bertz CT molecular complexity index is 784. The summed E-state index contributed by atoms with van der Waals surface area (Å²) in [5.74, 6) is 0.121. The number of hydrogen-bond donors (Lipinski definition) is 1. The Morgan fingerprint density at radius 3 is 2.93 bits per heavy atom. The van der Waals surface area contributed by atoms with Crippen LogP contribution in [-0.4, -0.2) is 53.2 Å². The van der Waals surface area contributed by atoms with Gasteiger partial charge in [0.05, 0.1) is 24.3 Å². The molecule has 3 rings (SSSR count). The van der Waals surface area contributed by atoms with Gasteiger partial charge in [-0.15, -0.1) is 22.0 Å². The van der Waals surface area contributed by atoms with E-state index in [9.17, 15) is 9.59 Å². The van der Waals surface area contributed by atoms with Gasteiger partial charge in [-0.25, -0.2) is 0 Å². The first kappa shape index (κ1) is 19.8. The van der Waals surface area contributed by atoms with E-state index < -0.39 is 0 Å². The molecule has 0 radical (unpaired) electrons. The van der Waals surface area contributed by atoms with Gasteiger partial charge in [0.1, 0.15) is 5.01 Å². The number of benzene rings is 1.